The van der Waals surface area contributed by atoms with Crippen LogP contribution in [0.4, 0.5) is 5.13 Å². The Morgan fingerprint density at radius 2 is 2.13 bits per heavy atom. The Bertz CT molecular complexity index is 734. The molecule has 0 bridgehead atoms. The van der Waals surface area contributed by atoms with Crippen molar-refractivity contribution >= 4 is 33.7 Å². The van der Waals surface area contributed by atoms with E-state index in [1.165, 1.54) is 35.5 Å². The molecule has 2 N–H and O–H groups in total. The summed E-state index contributed by atoms with van der Waals surface area (Å²) >= 11 is 3.15. The van der Waals surface area contributed by atoms with Gasteiger partial charge in [0.2, 0.25) is 5.13 Å². The number of aryl methyl sites for hydroxylation is 2. The molecule has 0 spiro atoms. The first-order valence-corrected chi connectivity index (χ1v) is 9.68. The summed E-state index contributed by atoms with van der Waals surface area (Å²) in [5, 5.41) is 15.8. The number of nitrogens with one attached hydrogen (secondary N) is 2. The van der Waals surface area contributed by atoms with Crippen LogP contribution in [-0.4, -0.2) is 28.7 Å². The number of rotatable bonds is 6. The third-order valence-corrected chi connectivity index (χ3v) is 6.39. The maximum Gasteiger partial charge on any atom is 0.258 e. The minimum atomic E-state index is -0.0794. The lowest BCUT2D eigenvalue weighted by Crippen LogP contribution is -2.20. The van der Waals surface area contributed by atoms with E-state index in [0.29, 0.717) is 17.1 Å². The van der Waals surface area contributed by atoms with E-state index in [-0.39, 0.29) is 5.91 Å². The summed E-state index contributed by atoms with van der Waals surface area (Å²) in [6, 6.07) is 2.67. The minimum absolute atomic E-state index is 0.0794. The van der Waals surface area contributed by atoms with Gasteiger partial charge in [0, 0.05) is 21.7 Å². The van der Waals surface area contributed by atoms with E-state index in [0.717, 1.165) is 27.9 Å². The van der Waals surface area contributed by atoms with Gasteiger partial charge in [-0.05, 0) is 51.6 Å². The van der Waals surface area contributed by atoms with Crippen LogP contribution in [0.15, 0.2) is 6.07 Å². The molecule has 0 aromatic carbocycles. The third kappa shape index (κ3) is 3.46. The van der Waals surface area contributed by atoms with Crippen molar-refractivity contribution in [3.05, 3.63) is 26.4 Å². The van der Waals surface area contributed by atoms with E-state index in [9.17, 15) is 4.79 Å². The second kappa shape index (κ2) is 5.96. The van der Waals surface area contributed by atoms with Gasteiger partial charge >= 0.3 is 0 Å². The quantitative estimate of drug-likeness (QED) is 0.840. The molecule has 0 radical (unpaired) electrons. The predicted octanol–water partition coefficient (Wildman–Crippen LogP) is 3.32. The molecule has 2 heterocycles. The van der Waals surface area contributed by atoms with Crippen molar-refractivity contribution in [2.24, 2.45) is 5.92 Å². The highest BCUT2D eigenvalue weighted by atomic mass is 32.1. The Balaban J connectivity index is 1.39. The highest BCUT2D eigenvalue weighted by Crippen LogP contribution is 2.45. The zero-order valence-electron chi connectivity index (χ0n) is 13.3. The lowest BCUT2D eigenvalue weighted by molar-refractivity contribution is 0.102. The van der Waals surface area contributed by atoms with Gasteiger partial charge in [0.15, 0.2) is 0 Å². The number of carbonyl (C=O) groups excluding carboxylic acids is 1. The van der Waals surface area contributed by atoms with Crippen molar-refractivity contribution in [2.45, 2.75) is 45.1 Å². The molecule has 122 valence electrons. The summed E-state index contributed by atoms with van der Waals surface area (Å²) in [6.45, 7) is 5.06. The number of carbonyl (C=O) groups is 1. The van der Waals surface area contributed by atoms with Gasteiger partial charge in [-0.2, -0.15) is 0 Å². The molecule has 2 aromatic rings. The van der Waals surface area contributed by atoms with Crippen LogP contribution in [0.2, 0.25) is 0 Å². The number of hydrogen-bond acceptors (Lipinski definition) is 6. The fourth-order valence-corrected chi connectivity index (χ4v) is 4.59. The molecule has 2 fully saturated rings. The van der Waals surface area contributed by atoms with Gasteiger partial charge < -0.3 is 5.32 Å². The smallest absolute Gasteiger partial charge is 0.258 e. The summed E-state index contributed by atoms with van der Waals surface area (Å²) in [5.74, 6) is 1.42. The number of thiophene rings is 1. The van der Waals surface area contributed by atoms with Gasteiger partial charge in [-0.1, -0.05) is 11.3 Å². The number of hydrogen-bond donors (Lipinski definition) is 2. The van der Waals surface area contributed by atoms with Crippen LogP contribution < -0.4 is 10.6 Å². The molecule has 0 unspecified atom stereocenters. The molecule has 4 rings (SSSR count). The molecule has 2 aromatic heterocycles. The van der Waals surface area contributed by atoms with Gasteiger partial charge in [0.05, 0.1) is 5.56 Å². The van der Waals surface area contributed by atoms with Gasteiger partial charge in [0.25, 0.3) is 5.91 Å². The first-order chi connectivity index (χ1) is 11.1. The van der Waals surface area contributed by atoms with Crippen LogP contribution in [-0.2, 0) is 0 Å². The van der Waals surface area contributed by atoms with E-state index >= 15 is 0 Å². The molecule has 2 atom stereocenters. The lowest BCUT2D eigenvalue weighted by Gasteiger charge is -2.00. The fourth-order valence-electron chi connectivity index (χ4n) is 2.80. The minimum Gasteiger partial charge on any atom is -0.313 e. The van der Waals surface area contributed by atoms with Gasteiger partial charge in [-0.25, -0.2) is 0 Å². The third-order valence-electron chi connectivity index (χ3n) is 4.45. The Morgan fingerprint density at radius 3 is 2.83 bits per heavy atom. The number of nitrogens with zero attached hydrogens (tertiary/aromatic N) is 2. The van der Waals surface area contributed by atoms with E-state index in [4.69, 9.17) is 0 Å². The highest BCUT2D eigenvalue weighted by Gasteiger charge is 2.40. The van der Waals surface area contributed by atoms with E-state index in [2.05, 4.69) is 26.9 Å². The first-order valence-electron chi connectivity index (χ1n) is 8.05. The molecule has 2 aliphatic rings. The molecular weight excluding hydrogens is 328 g/mol. The molecule has 2 saturated carbocycles. The van der Waals surface area contributed by atoms with E-state index < -0.39 is 0 Å². The Morgan fingerprint density at radius 1 is 1.30 bits per heavy atom. The zero-order chi connectivity index (χ0) is 16.0. The molecule has 2 aliphatic carbocycles. The SMILES string of the molecule is Cc1nnc(NC(=O)c2cc([C@@H]3C[C@H]3NCC3CC3)sc2C)s1. The van der Waals surface area contributed by atoms with Crippen LogP contribution >= 0.6 is 22.7 Å². The van der Waals surface area contributed by atoms with Crippen LogP contribution in [0, 0.1) is 19.8 Å². The monoisotopic (exact) mass is 348 g/mol. The molecule has 23 heavy (non-hydrogen) atoms. The molecule has 0 aliphatic heterocycles. The summed E-state index contributed by atoms with van der Waals surface area (Å²) in [7, 11) is 0. The maximum atomic E-state index is 12.4. The van der Waals surface area contributed by atoms with Crippen molar-refractivity contribution in [1.82, 2.24) is 15.5 Å². The van der Waals surface area contributed by atoms with Crippen LogP contribution in [0.1, 0.15) is 50.3 Å². The Hall–Kier alpha value is -1.31. The van der Waals surface area contributed by atoms with Gasteiger partial charge in [-0.3, -0.25) is 10.1 Å². The lowest BCUT2D eigenvalue weighted by atomic mass is 10.2. The van der Waals surface area contributed by atoms with E-state index in [1.54, 1.807) is 11.3 Å². The molecule has 5 nitrogen and oxygen atoms in total. The average Bonchev–Trinajstić information content (AvgIpc) is 3.40. The summed E-state index contributed by atoms with van der Waals surface area (Å²) in [5.41, 5.74) is 0.769. The summed E-state index contributed by atoms with van der Waals surface area (Å²) in [4.78, 5) is 14.8. The van der Waals surface area contributed by atoms with Crippen molar-refractivity contribution in [1.29, 1.82) is 0 Å². The van der Waals surface area contributed by atoms with Gasteiger partial charge in [0.1, 0.15) is 5.01 Å². The number of aromatic nitrogens is 2. The topological polar surface area (TPSA) is 66.9 Å². The molecule has 7 heteroatoms. The van der Waals surface area contributed by atoms with Crippen molar-refractivity contribution < 1.29 is 4.79 Å². The van der Waals surface area contributed by atoms with Crippen LogP contribution in [0.3, 0.4) is 0 Å². The normalized spacial score (nSPS) is 23.0. The molecule has 1 amide bonds. The zero-order valence-corrected chi connectivity index (χ0v) is 14.9. The largest absolute Gasteiger partial charge is 0.313 e. The predicted molar refractivity (Wildman–Crippen MR) is 93.5 cm³/mol. The molecule has 0 saturated heterocycles. The molecular formula is C16H20N4OS2. The van der Waals surface area contributed by atoms with Crippen LogP contribution in [0.5, 0.6) is 0 Å². The summed E-state index contributed by atoms with van der Waals surface area (Å²) < 4.78 is 0. The first kappa shape index (κ1) is 15.2. The van der Waals surface area contributed by atoms with Crippen molar-refractivity contribution in [2.75, 3.05) is 11.9 Å². The van der Waals surface area contributed by atoms with Gasteiger partial charge in [-0.15, -0.1) is 21.5 Å². The Kier molecular flexibility index (Phi) is 3.95. The average molecular weight is 348 g/mol. The standard InChI is InChI=1S/C16H20N4OS2/c1-8-11(15(21)18-16-20-19-9(2)23-16)6-14(22-8)12-5-13(12)17-7-10-3-4-10/h6,10,12-13,17H,3-5,7H2,1-2H3,(H,18,20,21)/t12-,13-/m1/s1. The highest BCUT2D eigenvalue weighted by molar-refractivity contribution is 7.15. The fraction of sp³-hybridized carbons (Fsp3) is 0.562. The second-order valence-corrected chi connectivity index (χ2v) is 8.97. The van der Waals surface area contributed by atoms with Crippen LogP contribution in [0.25, 0.3) is 0 Å². The number of anilines is 1. The summed E-state index contributed by atoms with van der Waals surface area (Å²) in [6.07, 6.45) is 3.97. The van der Waals surface area contributed by atoms with Crippen molar-refractivity contribution in [3.63, 3.8) is 0 Å². The second-order valence-electron chi connectivity index (χ2n) is 6.50. The van der Waals surface area contributed by atoms with E-state index in [1.807, 2.05) is 13.8 Å². The number of amides is 1. The Labute approximate surface area is 143 Å². The van der Waals surface area contributed by atoms with Crippen molar-refractivity contribution in [3.8, 4) is 0 Å². The maximum absolute atomic E-state index is 12.4.